The molecule has 0 bridgehead atoms. The minimum Gasteiger partial charge on any atom is -0.340 e. The highest BCUT2D eigenvalue weighted by atomic mass is 32.2. The van der Waals surface area contributed by atoms with E-state index in [1.54, 1.807) is 6.08 Å². The standard InChI is InChI=1S/C18H24N2O3S/c21-18(17-8-4-5-9-17)19-11-13-20(14-12-19)24(22,23)15-10-16-6-2-1-3-7-16/h1-3,6-7,10,15,17H,4-5,8-9,11-14H2. The second-order valence-electron chi connectivity index (χ2n) is 6.46. The molecule has 1 aliphatic heterocycles. The summed E-state index contributed by atoms with van der Waals surface area (Å²) in [6.45, 7) is 1.74. The second kappa shape index (κ2) is 7.49. The molecule has 1 saturated heterocycles. The first kappa shape index (κ1) is 17.2. The highest BCUT2D eigenvalue weighted by Crippen LogP contribution is 2.27. The van der Waals surface area contributed by atoms with Crippen LogP contribution in [-0.2, 0) is 14.8 Å². The van der Waals surface area contributed by atoms with E-state index in [4.69, 9.17) is 0 Å². The molecule has 0 atom stereocenters. The van der Waals surface area contributed by atoms with E-state index in [0.717, 1.165) is 31.2 Å². The minimum atomic E-state index is -3.43. The molecular weight excluding hydrogens is 324 g/mol. The van der Waals surface area contributed by atoms with Gasteiger partial charge in [0.05, 0.1) is 0 Å². The summed E-state index contributed by atoms with van der Waals surface area (Å²) in [7, 11) is -3.43. The Morgan fingerprint density at radius 3 is 2.25 bits per heavy atom. The number of sulfonamides is 1. The molecular formula is C18H24N2O3S. The molecule has 0 unspecified atom stereocenters. The van der Waals surface area contributed by atoms with Crippen molar-refractivity contribution in [3.8, 4) is 0 Å². The molecule has 1 heterocycles. The third kappa shape index (κ3) is 4.05. The Kier molecular flexibility index (Phi) is 5.36. The summed E-state index contributed by atoms with van der Waals surface area (Å²) in [5.41, 5.74) is 0.858. The first-order chi connectivity index (χ1) is 11.6. The first-order valence-electron chi connectivity index (χ1n) is 8.58. The van der Waals surface area contributed by atoms with Crippen molar-refractivity contribution in [2.24, 2.45) is 5.92 Å². The van der Waals surface area contributed by atoms with Crippen LogP contribution in [-0.4, -0.2) is 49.7 Å². The minimum absolute atomic E-state index is 0.158. The highest BCUT2D eigenvalue weighted by molar-refractivity contribution is 7.92. The van der Waals surface area contributed by atoms with Gasteiger partial charge >= 0.3 is 0 Å². The maximum atomic E-state index is 12.4. The zero-order valence-electron chi connectivity index (χ0n) is 13.8. The van der Waals surface area contributed by atoms with Gasteiger partial charge in [-0.2, -0.15) is 4.31 Å². The lowest BCUT2D eigenvalue weighted by Gasteiger charge is -2.34. The molecule has 1 amide bonds. The fraction of sp³-hybridized carbons (Fsp3) is 0.500. The van der Waals surface area contributed by atoms with Gasteiger partial charge < -0.3 is 4.90 Å². The Morgan fingerprint density at radius 1 is 1.00 bits per heavy atom. The van der Waals surface area contributed by atoms with E-state index in [1.807, 2.05) is 35.2 Å². The van der Waals surface area contributed by atoms with E-state index in [9.17, 15) is 13.2 Å². The van der Waals surface area contributed by atoms with Crippen molar-refractivity contribution >= 4 is 22.0 Å². The molecule has 130 valence electrons. The molecule has 24 heavy (non-hydrogen) atoms. The third-order valence-electron chi connectivity index (χ3n) is 4.85. The lowest BCUT2D eigenvalue weighted by atomic mass is 10.1. The van der Waals surface area contributed by atoms with Crippen molar-refractivity contribution < 1.29 is 13.2 Å². The predicted molar refractivity (Wildman–Crippen MR) is 94.5 cm³/mol. The average Bonchev–Trinajstić information content (AvgIpc) is 3.15. The topological polar surface area (TPSA) is 57.7 Å². The highest BCUT2D eigenvalue weighted by Gasteiger charge is 2.31. The molecule has 5 nitrogen and oxygen atoms in total. The lowest BCUT2D eigenvalue weighted by Crippen LogP contribution is -2.51. The van der Waals surface area contributed by atoms with Crippen LogP contribution in [0.3, 0.4) is 0 Å². The van der Waals surface area contributed by atoms with Gasteiger partial charge in [-0.3, -0.25) is 4.79 Å². The zero-order chi connectivity index (χ0) is 17.0. The number of piperazine rings is 1. The number of hydrogen-bond donors (Lipinski definition) is 0. The number of rotatable bonds is 4. The van der Waals surface area contributed by atoms with Gasteiger partial charge in [-0.25, -0.2) is 8.42 Å². The van der Waals surface area contributed by atoms with Crippen LogP contribution in [0, 0.1) is 5.92 Å². The maximum absolute atomic E-state index is 12.4. The van der Waals surface area contributed by atoms with Gasteiger partial charge in [0.2, 0.25) is 15.9 Å². The van der Waals surface area contributed by atoms with Gasteiger partial charge in [-0.05, 0) is 24.5 Å². The normalized spacial score (nSPS) is 20.8. The van der Waals surface area contributed by atoms with E-state index in [2.05, 4.69) is 0 Å². The van der Waals surface area contributed by atoms with Gasteiger partial charge in [0.1, 0.15) is 0 Å². The van der Waals surface area contributed by atoms with Crippen molar-refractivity contribution in [3.05, 3.63) is 41.3 Å². The van der Waals surface area contributed by atoms with Crippen LogP contribution in [0.15, 0.2) is 35.7 Å². The zero-order valence-corrected chi connectivity index (χ0v) is 14.6. The van der Waals surface area contributed by atoms with Crippen molar-refractivity contribution in [2.45, 2.75) is 25.7 Å². The summed E-state index contributed by atoms with van der Waals surface area (Å²) in [4.78, 5) is 14.2. The second-order valence-corrected chi connectivity index (χ2v) is 8.28. The van der Waals surface area contributed by atoms with Crippen LogP contribution < -0.4 is 0 Å². The van der Waals surface area contributed by atoms with Crippen molar-refractivity contribution in [2.75, 3.05) is 26.2 Å². The van der Waals surface area contributed by atoms with Crippen LogP contribution in [0.1, 0.15) is 31.2 Å². The summed E-state index contributed by atoms with van der Waals surface area (Å²) in [6.07, 6.45) is 5.85. The molecule has 0 spiro atoms. The Hall–Kier alpha value is -1.66. The largest absolute Gasteiger partial charge is 0.340 e. The summed E-state index contributed by atoms with van der Waals surface area (Å²) >= 11 is 0. The van der Waals surface area contributed by atoms with Crippen molar-refractivity contribution in [1.29, 1.82) is 0 Å². The molecule has 1 saturated carbocycles. The van der Waals surface area contributed by atoms with E-state index in [1.165, 1.54) is 9.71 Å². The Morgan fingerprint density at radius 2 is 1.62 bits per heavy atom. The molecule has 0 N–H and O–H groups in total. The summed E-state index contributed by atoms with van der Waals surface area (Å²) in [5, 5.41) is 1.26. The Balaban J connectivity index is 1.57. The molecule has 1 aliphatic carbocycles. The van der Waals surface area contributed by atoms with Crippen LogP contribution in [0.2, 0.25) is 0 Å². The smallest absolute Gasteiger partial charge is 0.236 e. The summed E-state index contributed by atoms with van der Waals surface area (Å²) in [6, 6.07) is 9.38. The van der Waals surface area contributed by atoms with Crippen LogP contribution in [0.4, 0.5) is 0 Å². The number of hydrogen-bond acceptors (Lipinski definition) is 3. The molecule has 2 fully saturated rings. The number of carbonyl (C=O) groups excluding carboxylic acids is 1. The molecule has 0 aromatic heterocycles. The van der Waals surface area contributed by atoms with Gasteiger partial charge in [0.25, 0.3) is 0 Å². The number of benzene rings is 1. The molecule has 6 heteroatoms. The van der Waals surface area contributed by atoms with Crippen LogP contribution in [0.25, 0.3) is 6.08 Å². The SMILES string of the molecule is O=C(C1CCCC1)N1CCN(S(=O)(=O)C=Cc2ccccc2)CC1. The van der Waals surface area contributed by atoms with Crippen molar-refractivity contribution in [3.63, 3.8) is 0 Å². The fourth-order valence-corrected chi connectivity index (χ4v) is 4.58. The monoisotopic (exact) mass is 348 g/mol. The number of carbonyl (C=O) groups is 1. The van der Waals surface area contributed by atoms with E-state index in [0.29, 0.717) is 26.2 Å². The maximum Gasteiger partial charge on any atom is 0.236 e. The molecule has 1 aromatic rings. The molecule has 3 rings (SSSR count). The van der Waals surface area contributed by atoms with E-state index < -0.39 is 10.0 Å². The summed E-state index contributed by atoms with van der Waals surface area (Å²) in [5.74, 6) is 0.371. The Labute approximate surface area is 144 Å². The molecule has 1 aromatic carbocycles. The third-order valence-corrected chi connectivity index (χ3v) is 6.41. The quantitative estimate of drug-likeness (QED) is 0.839. The molecule has 0 radical (unpaired) electrons. The Bertz CT molecular complexity index is 686. The van der Waals surface area contributed by atoms with E-state index in [-0.39, 0.29) is 11.8 Å². The van der Waals surface area contributed by atoms with Gasteiger partial charge in [0, 0.05) is 37.5 Å². The van der Waals surface area contributed by atoms with Crippen LogP contribution >= 0.6 is 0 Å². The van der Waals surface area contributed by atoms with Gasteiger partial charge in [0.15, 0.2) is 0 Å². The molecule has 2 aliphatic rings. The predicted octanol–water partition coefficient (Wildman–Crippen LogP) is 2.32. The van der Waals surface area contributed by atoms with Gasteiger partial charge in [-0.1, -0.05) is 43.2 Å². The average molecular weight is 348 g/mol. The van der Waals surface area contributed by atoms with Crippen LogP contribution in [0.5, 0.6) is 0 Å². The summed E-state index contributed by atoms with van der Waals surface area (Å²) < 4.78 is 26.3. The number of nitrogens with zero attached hydrogens (tertiary/aromatic N) is 2. The fourth-order valence-electron chi connectivity index (χ4n) is 3.41. The van der Waals surface area contributed by atoms with Crippen molar-refractivity contribution in [1.82, 2.24) is 9.21 Å². The lowest BCUT2D eigenvalue weighted by molar-refractivity contribution is -0.136. The first-order valence-corrected chi connectivity index (χ1v) is 10.1. The van der Waals surface area contributed by atoms with E-state index >= 15 is 0 Å². The number of amides is 1. The van der Waals surface area contributed by atoms with Gasteiger partial charge in [-0.15, -0.1) is 0 Å².